The molecule has 0 fully saturated rings. The molecule has 0 aliphatic heterocycles. The molecule has 0 unspecified atom stereocenters. The number of benzene rings is 6. The van der Waals surface area contributed by atoms with Gasteiger partial charge in [0, 0.05) is 47.5 Å². The van der Waals surface area contributed by atoms with Crippen molar-refractivity contribution in [1.29, 1.82) is 21.3 Å². The van der Waals surface area contributed by atoms with Crippen molar-refractivity contribution in [2.24, 2.45) is 5.84 Å². The Hall–Kier alpha value is -7.88. The van der Waals surface area contributed by atoms with Gasteiger partial charge in [0.15, 0.2) is 0 Å². The van der Waals surface area contributed by atoms with E-state index >= 15 is 0 Å². The minimum Gasteiger partial charge on any atom is -0.457 e. The average Bonchev–Trinajstić information content (AvgIpc) is 3.21. The minimum atomic E-state index is -0.179. The molecule has 0 bridgehead atoms. The van der Waals surface area contributed by atoms with E-state index in [9.17, 15) is 10.5 Å². The first-order valence-electron chi connectivity index (χ1n) is 16.0. The molecule has 0 heterocycles. The van der Waals surface area contributed by atoms with Crippen LogP contribution in [0.5, 0.6) is 46.0 Å². The fraction of sp³-hybridized carbons (Fsp3) is 0. The monoisotopic (exact) mass is 718 g/mol. The molecular formula is C40H30N8O6. The highest BCUT2D eigenvalue weighted by Gasteiger charge is 2.16. The van der Waals surface area contributed by atoms with Crippen LogP contribution in [-0.4, -0.2) is 22.1 Å². The van der Waals surface area contributed by atoms with Crippen LogP contribution in [0.25, 0.3) is 0 Å². The second-order valence-electron chi connectivity index (χ2n) is 11.4. The molecule has 54 heavy (non-hydrogen) atoms. The van der Waals surface area contributed by atoms with Crippen molar-refractivity contribution in [3.8, 4) is 58.1 Å². The van der Waals surface area contributed by atoms with Gasteiger partial charge in [-0.2, -0.15) is 10.5 Å². The van der Waals surface area contributed by atoms with Crippen molar-refractivity contribution in [3.05, 3.63) is 156 Å². The number of amidine groups is 2. The van der Waals surface area contributed by atoms with Gasteiger partial charge in [-0.1, -0.05) is 0 Å². The maximum absolute atomic E-state index is 9.22. The molecule has 14 heteroatoms. The number of nitrogens with two attached hydrogens (primary N) is 1. The molecule has 6 rings (SSSR count). The lowest BCUT2D eigenvalue weighted by atomic mass is 10.2. The maximum Gasteiger partial charge on any atom is 0.149 e. The molecule has 0 amide bonds. The number of ether oxygens (including phenoxy) is 4. The number of rotatable bonds is 12. The number of anilines is 2. The Labute approximate surface area is 308 Å². The van der Waals surface area contributed by atoms with Crippen LogP contribution in [0.4, 0.5) is 11.4 Å². The topological polar surface area (TPSA) is 226 Å². The number of hydrogen-bond acceptors (Lipinski definition) is 12. The molecule has 0 saturated carbocycles. The maximum atomic E-state index is 9.22. The molecule has 0 spiro atoms. The number of hydrazine groups is 1. The molecule has 0 saturated heterocycles. The zero-order valence-corrected chi connectivity index (χ0v) is 28.1. The summed E-state index contributed by atoms with van der Waals surface area (Å²) < 4.78 is 24.7. The Morgan fingerprint density at radius 3 is 1.02 bits per heavy atom. The third kappa shape index (κ3) is 8.88. The molecular weight excluding hydrogens is 688 g/mol. The van der Waals surface area contributed by atoms with Crippen molar-refractivity contribution in [1.82, 2.24) is 11.0 Å². The third-order valence-electron chi connectivity index (χ3n) is 7.71. The van der Waals surface area contributed by atoms with Gasteiger partial charge in [0.1, 0.15) is 57.7 Å². The summed E-state index contributed by atoms with van der Waals surface area (Å²) in [7, 11) is 0. The fourth-order valence-electron chi connectivity index (χ4n) is 5.02. The van der Waals surface area contributed by atoms with Gasteiger partial charge >= 0.3 is 0 Å². The van der Waals surface area contributed by atoms with E-state index in [0.717, 1.165) is 0 Å². The van der Waals surface area contributed by atoms with Crippen molar-refractivity contribution in [2.75, 3.05) is 5.01 Å². The molecule has 0 aromatic heterocycles. The molecule has 0 radical (unpaired) electrons. The van der Waals surface area contributed by atoms with E-state index in [1.165, 1.54) is 5.01 Å². The number of nitrogens with one attached hydrogen (secondary N) is 4. The van der Waals surface area contributed by atoms with Gasteiger partial charge in [0.05, 0.1) is 34.6 Å². The van der Waals surface area contributed by atoms with Crippen molar-refractivity contribution in [3.63, 3.8) is 0 Å². The minimum absolute atomic E-state index is 0.179. The van der Waals surface area contributed by atoms with Gasteiger partial charge in [-0.3, -0.25) is 37.2 Å². The van der Waals surface area contributed by atoms with E-state index < -0.39 is 0 Å². The first-order valence-corrected chi connectivity index (χ1v) is 16.0. The lowest BCUT2D eigenvalue weighted by Crippen LogP contribution is -2.25. The van der Waals surface area contributed by atoms with Crippen LogP contribution in [-0.2, 0) is 0 Å². The summed E-state index contributed by atoms with van der Waals surface area (Å²) in [6.45, 7) is 0. The molecule has 266 valence electrons. The molecule has 0 aliphatic rings. The fourth-order valence-corrected chi connectivity index (χ4v) is 5.02. The molecule has 14 nitrogen and oxygen atoms in total. The zero-order valence-electron chi connectivity index (χ0n) is 28.1. The van der Waals surface area contributed by atoms with Gasteiger partial charge in [0.2, 0.25) is 0 Å². The Morgan fingerprint density at radius 2 is 0.759 bits per heavy atom. The smallest absolute Gasteiger partial charge is 0.149 e. The first-order chi connectivity index (χ1) is 26.2. The number of nitriles is 2. The highest BCUT2D eigenvalue weighted by molar-refractivity contribution is 5.96. The number of hydroxylamine groups is 2. The van der Waals surface area contributed by atoms with Crippen LogP contribution < -0.4 is 40.8 Å². The van der Waals surface area contributed by atoms with Crippen LogP contribution >= 0.6 is 0 Å². The van der Waals surface area contributed by atoms with E-state index in [0.29, 0.717) is 79.6 Å². The van der Waals surface area contributed by atoms with Crippen LogP contribution in [0.15, 0.2) is 133 Å². The summed E-state index contributed by atoms with van der Waals surface area (Å²) >= 11 is 0. The molecule has 6 aromatic rings. The van der Waals surface area contributed by atoms with E-state index in [4.69, 9.17) is 46.0 Å². The summed E-state index contributed by atoms with van der Waals surface area (Å²) in [5.74, 6) is 9.64. The van der Waals surface area contributed by atoms with E-state index in [1.54, 1.807) is 133 Å². The summed E-state index contributed by atoms with van der Waals surface area (Å²) in [5.41, 5.74) is 6.31. The Bertz CT molecular complexity index is 2210. The second-order valence-corrected chi connectivity index (χ2v) is 11.4. The summed E-state index contributed by atoms with van der Waals surface area (Å²) in [6, 6.07) is 40.4. The summed E-state index contributed by atoms with van der Waals surface area (Å²) in [4.78, 5) is 0. The second kappa shape index (κ2) is 16.4. The SMILES string of the molecule is N#Cc1ccc(Oc2cc(Oc3ccc(C#N)cc3)cc(N(N)c3cc(Oc4ccc(C(=N)NO)cc4)cc(Oc4ccc(C(=N)NO)cc4)c3)c2)cc1. The van der Waals surface area contributed by atoms with Gasteiger partial charge < -0.3 is 18.9 Å². The lowest BCUT2D eigenvalue weighted by Gasteiger charge is -2.22. The quantitative estimate of drug-likeness (QED) is 0.0275. The van der Waals surface area contributed by atoms with Gasteiger partial charge in [-0.15, -0.1) is 0 Å². The van der Waals surface area contributed by atoms with Crippen molar-refractivity contribution in [2.45, 2.75) is 0 Å². The number of hydrogen-bond donors (Lipinski definition) is 7. The molecule has 8 N–H and O–H groups in total. The predicted octanol–water partition coefficient (Wildman–Crippen LogP) is 8.22. The standard InChI is InChI=1S/C40H30N8O6/c41-23-25-1-9-31(10-2-25)51-35-17-29(18-36(21-35)52-32-11-3-26(24-42)4-12-32)48(45)30-19-37(53-33-13-5-27(6-14-33)39(43)46-49)22-38(20-30)54-34-15-7-28(8-16-34)40(44)47-50/h1-22,49-50H,45H2,(H2,43,46)(H2,44,47). The Morgan fingerprint density at radius 1 is 0.481 bits per heavy atom. The Kier molecular flexibility index (Phi) is 10.9. The van der Waals surface area contributed by atoms with E-state index in [1.807, 2.05) is 11.0 Å². The summed E-state index contributed by atoms with van der Waals surface area (Å²) in [6.07, 6.45) is 0. The van der Waals surface area contributed by atoms with E-state index in [2.05, 4.69) is 12.1 Å². The van der Waals surface area contributed by atoms with Gasteiger partial charge in [-0.25, -0.2) is 5.84 Å². The largest absolute Gasteiger partial charge is 0.457 e. The zero-order chi connectivity index (χ0) is 38.0. The van der Waals surface area contributed by atoms with E-state index in [-0.39, 0.29) is 11.7 Å². The number of nitrogens with zero attached hydrogens (tertiary/aromatic N) is 3. The van der Waals surface area contributed by atoms with Crippen LogP contribution in [0.1, 0.15) is 22.3 Å². The molecule has 0 aliphatic carbocycles. The summed E-state index contributed by atoms with van der Waals surface area (Å²) in [5, 5.41) is 53.6. The van der Waals surface area contributed by atoms with Crippen LogP contribution in [0.3, 0.4) is 0 Å². The average molecular weight is 719 g/mol. The molecule has 0 atom stereocenters. The van der Waals surface area contributed by atoms with Gasteiger partial charge in [0.25, 0.3) is 0 Å². The Balaban J connectivity index is 1.37. The van der Waals surface area contributed by atoms with Crippen LogP contribution in [0, 0.1) is 33.5 Å². The van der Waals surface area contributed by atoms with Gasteiger partial charge in [-0.05, 0) is 97.1 Å². The highest BCUT2D eigenvalue weighted by Crippen LogP contribution is 2.39. The van der Waals surface area contributed by atoms with Crippen molar-refractivity contribution >= 4 is 23.0 Å². The predicted molar refractivity (Wildman–Crippen MR) is 198 cm³/mol. The first kappa shape index (κ1) is 35.9. The lowest BCUT2D eigenvalue weighted by molar-refractivity contribution is 0.234. The molecule has 6 aromatic carbocycles. The highest BCUT2D eigenvalue weighted by atomic mass is 16.5. The van der Waals surface area contributed by atoms with Crippen LogP contribution in [0.2, 0.25) is 0 Å². The third-order valence-corrected chi connectivity index (χ3v) is 7.71. The normalized spacial score (nSPS) is 10.2. The van der Waals surface area contributed by atoms with Crippen molar-refractivity contribution < 1.29 is 29.4 Å².